The normalized spacial score (nSPS) is 22.4. The molecule has 1 aromatic carbocycles. The van der Waals surface area contributed by atoms with Crippen molar-refractivity contribution in [1.82, 2.24) is 4.90 Å². The molecule has 1 aliphatic heterocycles. The van der Waals surface area contributed by atoms with Crippen molar-refractivity contribution in [3.63, 3.8) is 0 Å². The van der Waals surface area contributed by atoms with Crippen molar-refractivity contribution in [3.8, 4) is 0 Å². The molecule has 1 amide bonds. The highest BCUT2D eigenvalue weighted by Crippen LogP contribution is 2.29. The number of carbonyl (C=O) groups excluding carboxylic acids is 1. The molecule has 0 aliphatic carbocycles. The first-order valence-electron chi connectivity index (χ1n) is 6.26. The van der Waals surface area contributed by atoms with Gasteiger partial charge in [0, 0.05) is 18.2 Å². The van der Waals surface area contributed by atoms with Crippen LogP contribution in [0.25, 0.3) is 0 Å². The number of halogens is 2. The van der Waals surface area contributed by atoms with Crippen LogP contribution in [0.3, 0.4) is 0 Å². The van der Waals surface area contributed by atoms with Gasteiger partial charge in [-0.1, -0.05) is 0 Å². The molecule has 19 heavy (non-hydrogen) atoms. The van der Waals surface area contributed by atoms with E-state index in [1.807, 2.05) is 13.8 Å². The first kappa shape index (κ1) is 13.9. The quantitative estimate of drug-likeness (QED) is 0.850. The van der Waals surface area contributed by atoms with E-state index in [0.29, 0.717) is 25.5 Å². The van der Waals surface area contributed by atoms with Crippen molar-refractivity contribution in [2.24, 2.45) is 0 Å². The SMILES string of the molecule is CC1(C)CC(O)CCN1C(=O)c1ccc(F)cc1F. The van der Waals surface area contributed by atoms with Gasteiger partial charge in [0.25, 0.3) is 5.91 Å². The van der Waals surface area contributed by atoms with E-state index in [2.05, 4.69) is 0 Å². The second-order valence-electron chi connectivity index (χ2n) is 5.54. The Morgan fingerprint density at radius 2 is 2.11 bits per heavy atom. The number of likely N-dealkylation sites (tertiary alicyclic amines) is 1. The summed E-state index contributed by atoms with van der Waals surface area (Å²) < 4.78 is 26.5. The van der Waals surface area contributed by atoms with Crippen molar-refractivity contribution in [2.45, 2.75) is 38.3 Å². The summed E-state index contributed by atoms with van der Waals surface area (Å²) in [6.45, 7) is 4.02. The lowest BCUT2D eigenvalue weighted by Crippen LogP contribution is -2.54. The maximum Gasteiger partial charge on any atom is 0.257 e. The summed E-state index contributed by atoms with van der Waals surface area (Å²) in [5, 5.41) is 9.64. The second kappa shape index (κ2) is 4.89. The third-order valence-corrected chi connectivity index (χ3v) is 3.56. The summed E-state index contributed by atoms with van der Waals surface area (Å²) in [6.07, 6.45) is 0.469. The van der Waals surface area contributed by atoms with Crippen LogP contribution >= 0.6 is 0 Å². The van der Waals surface area contributed by atoms with Gasteiger partial charge in [-0.3, -0.25) is 4.79 Å². The molecule has 5 heteroatoms. The minimum Gasteiger partial charge on any atom is -0.393 e. The summed E-state index contributed by atoms with van der Waals surface area (Å²) >= 11 is 0. The summed E-state index contributed by atoms with van der Waals surface area (Å²) in [5.74, 6) is -2.02. The van der Waals surface area contributed by atoms with Gasteiger partial charge in [0.05, 0.1) is 11.7 Å². The molecule has 1 N–H and O–H groups in total. The van der Waals surface area contributed by atoms with Gasteiger partial charge in [-0.15, -0.1) is 0 Å². The highest BCUT2D eigenvalue weighted by molar-refractivity contribution is 5.95. The molecule has 104 valence electrons. The Morgan fingerprint density at radius 1 is 1.42 bits per heavy atom. The Bertz CT molecular complexity index is 502. The fourth-order valence-corrected chi connectivity index (χ4v) is 2.55. The van der Waals surface area contributed by atoms with E-state index in [9.17, 15) is 18.7 Å². The molecule has 0 radical (unpaired) electrons. The number of aliphatic hydroxyl groups is 1. The van der Waals surface area contributed by atoms with Crippen LogP contribution in [0.4, 0.5) is 8.78 Å². The Kier molecular flexibility index (Phi) is 3.58. The van der Waals surface area contributed by atoms with E-state index in [1.54, 1.807) is 0 Å². The number of nitrogens with zero attached hydrogens (tertiary/aromatic N) is 1. The highest BCUT2D eigenvalue weighted by atomic mass is 19.1. The predicted molar refractivity (Wildman–Crippen MR) is 66.7 cm³/mol. The zero-order chi connectivity index (χ0) is 14.2. The molecule has 1 heterocycles. The van der Waals surface area contributed by atoms with Crippen LogP contribution < -0.4 is 0 Å². The average molecular weight is 269 g/mol. The van der Waals surface area contributed by atoms with E-state index in [-0.39, 0.29) is 5.56 Å². The maximum absolute atomic E-state index is 13.6. The summed E-state index contributed by atoms with van der Waals surface area (Å²) in [6, 6.07) is 2.94. The lowest BCUT2D eigenvalue weighted by Gasteiger charge is -2.44. The summed E-state index contributed by atoms with van der Waals surface area (Å²) in [4.78, 5) is 13.9. The number of benzene rings is 1. The molecule has 0 spiro atoms. The molecule has 1 aliphatic rings. The van der Waals surface area contributed by atoms with Gasteiger partial charge < -0.3 is 10.0 Å². The van der Waals surface area contributed by atoms with Gasteiger partial charge >= 0.3 is 0 Å². The van der Waals surface area contributed by atoms with Crippen molar-refractivity contribution >= 4 is 5.91 Å². The standard InChI is InChI=1S/C14H17F2NO2/c1-14(2)8-10(18)5-6-17(14)13(19)11-4-3-9(15)7-12(11)16/h3-4,7,10,18H,5-6,8H2,1-2H3. The number of piperidine rings is 1. The average Bonchev–Trinajstić information content (AvgIpc) is 2.26. The smallest absolute Gasteiger partial charge is 0.257 e. The highest BCUT2D eigenvalue weighted by Gasteiger charge is 2.37. The summed E-state index contributed by atoms with van der Waals surface area (Å²) in [7, 11) is 0. The van der Waals surface area contributed by atoms with E-state index in [1.165, 1.54) is 4.90 Å². The molecular formula is C14H17F2NO2. The minimum atomic E-state index is -0.855. The van der Waals surface area contributed by atoms with Gasteiger partial charge in [0.2, 0.25) is 0 Å². The Labute approximate surface area is 110 Å². The summed E-state index contributed by atoms with van der Waals surface area (Å²) in [5.41, 5.74) is -0.680. The topological polar surface area (TPSA) is 40.5 Å². The van der Waals surface area contributed by atoms with Gasteiger partial charge in [0.15, 0.2) is 0 Å². The number of carbonyl (C=O) groups is 1. The third kappa shape index (κ3) is 2.76. The maximum atomic E-state index is 13.6. The van der Waals surface area contributed by atoms with Gasteiger partial charge in [-0.05, 0) is 38.8 Å². The fraction of sp³-hybridized carbons (Fsp3) is 0.500. The van der Waals surface area contributed by atoms with Crippen LogP contribution in [0.2, 0.25) is 0 Å². The first-order chi connectivity index (χ1) is 8.81. The van der Waals surface area contributed by atoms with Crippen LogP contribution in [0.15, 0.2) is 18.2 Å². The Hall–Kier alpha value is -1.49. The van der Waals surface area contributed by atoms with Crippen molar-refractivity contribution in [2.75, 3.05) is 6.54 Å². The minimum absolute atomic E-state index is 0.133. The van der Waals surface area contributed by atoms with Gasteiger partial charge in [0.1, 0.15) is 11.6 Å². The van der Waals surface area contributed by atoms with Crippen LogP contribution in [-0.2, 0) is 0 Å². The van der Waals surface area contributed by atoms with Crippen molar-refractivity contribution in [3.05, 3.63) is 35.4 Å². The van der Waals surface area contributed by atoms with Crippen LogP contribution in [0.1, 0.15) is 37.0 Å². The van der Waals surface area contributed by atoms with Crippen molar-refractivity contribution in [1.29, 1.82) is 0 Å². The molecule has 0 saturated carbocycles. The predicted octanol–water partition coefficient (Wildman–Crippen LogP) is 2.34. The lowest BCUT2D eigenvalue weighted by atomic mass is 9.88. The molecule has 0 bridgehead atoms. The molecule has 1 saturated heterocycles. The largest absolute Gasteiger partial charge is 0.393 e. The Balaban J connectivity index is 2.28. The molecule has 1 atom stereocenters. The van der Waals surface area contributed by atoms with Gasteiger partial charge in [-0.25, -0.2) is 8.78 Å². The molecule has 2 rings (SSSR count). The van der Waals surface area contributed by atoms with Crippen molar-refractivity contribution < 1.29 is 18.7 Å². The van der Waals surface area contributed by atoms with E-state index in [4.69, 9.17) is 0 Å². The van der Waals surface area contributed by atoms with E-state index < -0.39 is 29.2 Å². The zero-order valence-corrected chi connectivity index (χ0v) is 11.0. The first-order valence-corrected chi connectivity index (χ1v) is 6.26. The number of aliphatic hydroxyl groups excluding tert-OH is 1. The van der Waals surface area contributed by atoms with Crippen LogP contribution in [0.5, 0.6) is 0 Å². The number of hydrogen-bond acceptors (Lipinski definition) is 2. The molecule has 0 aromatic heterocycles. The third-order valence-electron chi connectivity index (χ3n) is 3.56. The monoisotopic (exact) mass is 269 g/mol. The Morgan fingerprint density at radius 3 is 2.68 bits per heavy atom. The number of amides is 1. The van der Waals surface area contributed by atoms with Crippen LogP contribution in [-0.4, -0.2) is 34.1 Å². The molecule has 3 nitrogen and oxygen atoms in total. The molecular weight excluding hydrogens is 252 g/mol. The van der Waals surface area contributed by atoms with Crippen LogP contribution in [0, 0.1) is 11.6 Å². The van der Waals surface area contributed by atoms with Gasteiger partial charge in [-0.2, -0.15) is 0 Å². The lowest BCUT2D eigenvalue weighted by molar-refractivity contribution is 0.00303. The number of rotatable bonds is 1. The molecule has 1 unspecified atom stereocenters. The van der Waals surface area contributed by atoms with E-state index >= 15 is 0 Å². The fourth-order valence-electron chi connectivity index (χ4n) is 2.55. The molecule has 1 fully saturated rings. The number of hydrogen-bond donors (Lipinski definition) is 1. The zero-order valence-electron chi connectivity index (χ0n) is 11.0. The van der Waals surface area contributed by atoms with E-state index in [0.717, 1.165) is 12.1 Å². The molecule has 1 aromatic rings. The second-order valence-corrected chi connectivity index (χ2v) is 5.54.